The lowest BCUT2D eigenvalue weighted by atomic mass is 9.97. The molecule has 0 aromatic carbocycles. The van der Waals surface area contributed by atoms with Gasteiger partial charge in [-0.2, -0.15) is 0 Å². The van der Waals surface area contributed by atoms with Gasteiger partial charge in [0.25, 0.3) is 0 Å². The molecule has 0 amide bonds. The van der Waals surface area contributed by atoms with Crippen LogP contribution in [0.5, 0.6) is 0 Å². The van der Waals surface area contributed by atoms with Crippen molar-refractivity contribution in [2.45, 2.75) is 57.3 Å². The van der Waals surface area contributed by atoms with Gasteiger partial charge in [-0.05, 0) is 51.2 Å². The van der Waals surface area contributed by atoms with Crippen molar-refractivity contribution in [3.05, 3.63) is 0 Å². The second-order valence-corrected chi connectivity index (χ2v) is 6.71. The van der Waals surface area contributed by atoms with Gasteiger partial charge in [-0.25, -0.2) is 0 Å². The molecule has 4 heteroatoms. The van der Waals surface area contributed by atoms with Crippen LogP contribution in [0.25, 0.3) is 0 Å². The quantitative estimate of drug-likeness (QED) is 0.836. The van der Waals surface area contributed by atoms with Gasteiger partial charge in [-0.1, -0.05) is 6.92 Å². The van der Waals surface area contributed by atoms with Gasteiger partial charge in [-0.15, -0.1) is 0 Å². The molecule has 1 unspecified atom stereocenters. The van der Waals surface area contributed by atoms with E-state index in [9.17, 15) is 0 Å². The molecule has 1 spiro atoms. The zero-order valence-corrected chi connectivity index (χ0v) is 12.9. The minimum atomic E-state index is -0.196. The molecule has 3 aliphatic rings. The molecule has 0 radical (unpaired) electrons. The van der Waals surface area contributed by atoms with Crippen LogP contribution in [0.4, 0.5) is 0 Å². The number of rotatable bonds is 5. The van der Waals surface area contributed by atoms with E-state index in [1.165, 1.54) is 45.3 Å². The van der Waals surface area contributed by atoms with Gasteiger partial charge in [0.15, 0.2) is 5.79 Å². The van der Waals surface area contributed by atoms with E-state index in [0.717, 1.165) is 38.5 Å². The number of hydrogen-bond acceptors (Lipinski definition) is 4. The summed E-state index contributed by atoms with van der Waals surface area (Å²) in [6, 6.07) is 0. The summed E-state index contributed by atoms with van der Waals surface area (Å²) in [4.78, 5) is 2.57. The van der Waals surface area contributed by atoms with Crippen molar-refractivity contribution in [3.8, 4) is 0 Å². The molecule has 1 saturated carbocycles. The van der Waals surface area contributed by atoms with E-state index in [0.29, 0.717) is 0 Å². The molecular weight excluding hydrogens is 252 g/mol. The first-order valence-electron chi connectivity index (χ1n) is 8.54. The van der Waals surface area contributed by atoms with E-state index in [4.69, 9.17) is 9.47 Å². The Balaban J connectivity index is 1.45. The zero-order valence-electron chi connectivity index (χ0n) is 12.9. The Morgan fingerprint density at radius 2 is 1.90 bits per heavy atom. The average Bonchev–Trinajstić information content (AvgIpc) is 3.10. The van der Waals surface area contributed by atoms with Crippen molar-refractivity contribution in [1.82, 2.24) is 10.2 Å². The maximum absolute atomic E-state index is 6.26. The van der Waals surface area contributed by atoms with Crippen LogP contribution in [-0.2, 0) is 9.47 Å². The lowest BCUT2D eigenvalue weighted by molar-refractivity contribution is -0.163. The van der Waals surface area contributed by atoms with Crippen molar-refractivity contribution in [1.29, 1.82) is 0 Å². The SMILES string of the molecule is CCN(CC1CCNCC1)CC1COC2(CCCC2)O1. The fourth-order valence-electron chi connectivity index (χ4n) is 3.93. The van der Waals surface area contributed by atoms with E-state index in [1.54, 1.807) is 0 Å². The molecule has 0 aromatic rings. The van der Waals surface area contributed by atoms with E-state index in [1.807, 2.05) is 0 Å². The maximum Gasteiger partial charge on any atom is 0.168 e. The van der Waals surface area contributed by atoms with Gasteiger partial charge in [0.2, 0.25) is 0 Å². The highest BCUT2D eigenvalue weighted by molar-refractivity contribution is 4.85. The Kier molecular flexibility index (Phi) is 4.97. The summed E-state index contributed by atoms with van der Waals surface area (Å²) in [5.41, 5.74) is 0. The molecule has 2 heterocycles. The van der Waals surface area contributed by atoms with Crippen LogP contribution < -0.4 is 5.32 Å². The molecule has 0 aromatic heterocycles. The Morgan fingerprint density at radius 3 is 2.60 bits per heavy atom. The third-order valence-corrected chi connectivity index (χ3v) is 5.16. The lowest BCUT2D eigenvalue weighted by Crippen LogP contribution is -2.40. The van der Waals surface area contributed by atoms with Crippen molar-refractivity contribution < 1.29 is 9.47 Å². The second-order valence-electron chi connectivity index (χ2n) is 6.71. The minimum absolute atomic E-state index is 0.196. The van der Waals surface area contributed by atoms with Gasteiger partial charge in [-0.3, -0.25) is 0 Å². The first-order valence-corrected chi connectivity index (χ1v) is 8.54. The van der Waals surface area contributed by atoms with Crippen LogP contribution in [0.2, 0.25) is 0 Å². The Bertz CT molecular complexity index is 299. The third kappa shape index (κ3) is 3.53. The third-order valence-electron chi connectivity index (χ3n) is 5.16. The van der Waals surface area contributed by atoms with Crippen LogP contribution in [0.15, 0.2) is 0 Å². The highest BCUT2D eigenvalue weighted by Crippen LogP contribution is 2.39. The highest BCUT2D eigenvalue weighted by atomic mass is 16.7. The second kappa shape index (κ2) is 6.73. The standard InChI is InChI=1S/C16H30N2O2/c1-2-18(11-14-5-9-17-10-6-14)12-15-13-19-16(20-15)7-3-4-8-16/h14-15,17H,2-13H2,1H3. The number of hydrogen-bond donors (Lipinski definition) is 1. The molecule has 1 aliphatic carbocycles. The Morgan fingerprint density at radius 1 is 1.15 bits per heavy atom. The van der Waals surface area contributed by atoms with Crippen LogP contribution in [0, 0.1) is 5.92 Å². The average molecular weight is 282 g/mol. The van der Waals surface area contributed by atoms with Gasteiger partial charge in [0, 0.05) is 25.9 Å². The number of nitrogens with zero attached hydrogens (tertiary/aromatic N) is 1. The molecule has 116 valence electrons. The minimum Gasteiger partial charge on any atom is -0.347 e. The fraction of sp³-hybridized carbons (Fsp3) is 1.00. The zero-order chi connectivity index (χ0) is 13.8. The predicted molar refractivity (Wildman–Crippen MR) is 79.7 cm³/mol. The lowest BCUT2D eigenvalue weighted by Gasteiger charge is -2.31. The highest BCUT2D eigenvalue weighted by Gasteiger charge is 2.43. The maximum atomic E-state index is 6.26. The fourth-order valence-corrected chi connectivity index (χ4v) is 3.93. The smallest absolute Gasteiger partial charge is 0.168 e. The molecule has 2 saturated heterocycles. The van der Waals surface area contributed by atoms with Crippen molar-refractivity contribution in [2.75, 3.05) is 39.3 Å². The summed E-state index contributed by atoms with van der Waals surface area (Å²) in [6.07, 6.45) is 7.66. The van der Waals surface area contributed by atoms with Crippen molar-refractivity contribution >= 4 is 0 Å². The normalized spacial score (nSPS) is 30.6. The summed E-state index contributed by atoms with van der Waals surface area (Å²) in [5.74, 6) is 0.665. The molecule has 1 atom stereocenters. The molecular formula is C16H30N2O2. The Labute approximate surface area is 123 Å². The van der Waals surface area contributed by atoms with Gasteiger partial charge >= 0.3 is 0 Å². The summed E-state index contributed by atoms with van der Waals surface area (Å²) in [6.45, 7) is 8.83. The van der Waals surface area contributed by atoms with Gasteiger partial charge < -0.3 is 19.7 Å². The molecule has 2 aliphatic heterocycles. The van der Waals surface area contributed by atoms with E-state index >= 15 is 0 Å². The van der Waals surface area contributed by atoms with Crippen molar-refractivity contribution in [2.24, 2.45) is 5.92 Å². The number of nitrogens with one attached hydrogen (secondary N) is 1. The number of ether oxygens (including phenoxy) is 2. The van der Waals surface area contributed by atoms with E-state index in [-0.39, 0.29) is 11.9 Å². The number of piperidine rings is 1. The van der Waals surface area contributed by atoms with Crippen LogP contribution >= 0.6 is 0 Å². The first kappa shape index (κ1) is 14.8. The van der Waals surface area contributed by atoms with Crippen LogP contribution in [0.3, 0.4) is 0 Å². The van der Waals surface area contributed by atoms with E-state index < -0.39 is 0 Å². The monoisotopic (exact) mass is 282 g/mol. The molecule has 4 nitrogen and oxygen atoms in total. The summed E-state index contributed by atoms with van der Waals surface area (Å²) < 4.78 is 12.2. The summed E-state index contributed by atoms with van der Waals surface area (Å²) in [7, 11) is 0. The molecule has 1 N–H and O–H groups in total. The van der Waals surface area contributed by atoms with E-state index in [2.05, 4.69) is 17.1 Å². The van der Waals surface area contributed by atoms with Crippen LogP contribution in [-0.4, -0.2) is 56.1 Å². The first-order chi connectivity index (χ1) is 9.80. The molecule has 20 heavy (non-hydrogen) atoms. The largest absolute Gasteiger partial charge is 0.347 e. The van der Waals surface area contributed by atoms with Crippen molar-refractivity contribution in [3.63, 3.8) is 0 Å². The Hall–Kier alpha value is -0.160. The molecule has 3 fully saturated rings. The van der Waals surface area contributed by atoms with Gasteiger partial charge in [0.05, 0.1) is 12.7 Å². The number of likely N-dealkylation sites (N-methyl/N-ethyl adjacent to an activating group) is 1. The molecule has 3 rings (SSSR count). The topological polar surface area (TPSA) is 33.7 Å². The summed E-state index contributed by atoms with van der Waals surface area (Å²) in [5, 5.41) is 3.45. The summed E-state index contributed by atoms with van der Waals surface area (Å²) >= 11 is 0. The van der Waals surface area contributed by atoms with Crippen LogP contribution in [0.1, 0.15) is 45.4 Å². The molecule has 0 bridgehead atoms. The van der Waals surface area contributed by atoms with Gasteiger partial charge in [0.1, 0.15) is 0 Å². The predicted octanol–water partition coefficient (Wildman–Crippen LogP) is 1.99.